The van der Waals surface area contributed by atoms with Crippen LogP contribution in [0.1, 0.15) is 45.4 Å². The van der Waals surface area contributed by atoms with E-state index in [1.807, 2.05) is 0 Å². The number of hydrogen-bond donors (Lipinski definition) is 1. The van der Waals surface area contributed by atoms with Crippen LogP contribution in [0.5, 0.6) is 0 Å². The van der Waals surface area contributed by atoms with Gasteiger partial charge in [-0.3, -0.25) is 0 Å². The maximum Gasteiger partial charge on any atom is 0.0702 e. The summed E-state index contributed by atoms with van der Waals surface area (Å²) in [6, 6.07) is 1.55. The van der Waals surface area contributed by atoms with Gasteiger partial charge in [0.15, 0.2) is 0 Å². The first kappa shape index (κ1) is 12.9. The lowest BCUT2D eigenvalue weighted by atomic mass is 9.98. The topological polar surface area (TPSA) is 24.5 Å². The second-order valence-corrected chi connectivity index (χ2v) is 6.63. The van der Waals surface area contributed by atoms with Crippen LogP contribution in [-0.4, -0.2) is 49.3 Å². The molecule has 0 aromatic rings. The predicted octanol–water partition coefficient (Wildman–Crippen LogP) is 2.02. The molecule has 3 saturated heterocycles. The molecule has 0 spiro atoms. The molecule has 3 rings (SSSR count). The van der Waals surface area contributed by atoms with Crippen molar-refractivity contribution in [2.75, 3.05) is 26.2 Å². The van der Waals surface area contributed by atoms with E-state index in [-0.39, 0.29) is 0 Å². The Hall–Kier alpha value is -0.120. The second-order valence-electron chi connectivity index (χ2n) is 6.63. The van der Waals surface area contributed by atoms with E-state index in [0.29, 0.717) is 6.10 Å². The molecule has 4 unspecified atom stereocenters. The molecule has 3 heterocycles. The van der Waals surface area contributed by atoms with Gasteiger partial charge in [0, 0.05) is 31.8 Å². The SMILES string of the molecule is CC1CCC(CC2CCN(CC3CCCO3)C2)N1. The molecule has 0 radical (unpaired) electrons. The lowest BCUT2D eigenvalue weighted by Crippen LogP contribution is -2.32. The van der Waals surface area contributed by atoms with Gasteiger partial charge >= 0.3 is 0 Å². The van der Waals surface area contributed by atoms with Crippen LogP contribution in [0.15, 0.2) is 0 Å². The number of ether oxygens (including phenoxy) is 1. The minimum Gasteiger partial charge on any atom is -0.377 e. The van der Waals surface area contributed by atoms with Gasteiger partial charge in [-0.25, -0.2) is 0 Å². The zero-order valence-corrected chi connectivity index (χ0v) is 11.7. The summed E-state index contributed by atoms with van der Waals surface area (Å²) < 4.78 is 5.74. The monoisotopic (exact) mass is 252 g/mol. The second kappa shape index (κ2) is 5.89. The molecule has 0 bridgehead atoms. The average molecular weight is 252 g/mol. The maximum absolute atomic E-state index is 5.74. The van der Waals surface area contributed by atoms with Crippen molar-refractivity contribution in [1.82, 2.24) is 10.2 Å². The van der Waals surface area contributed by atoms with E-state index < -0.39 is 0 Å². The van der Waals surface area contributed by atoms with Crippen molar-refractivity contribution >= 4 is 0 Å². The molecule has 3 aliphatic rings. The third-order valence-corrected chi connectivity index (χ3v) is 4.94. The van der Waals surface area contributed by atoms with Crippen LogP contribution in [0.3, 0.4) is 0 Å². The third-order valence-electron chi connectivity index (χ3n) is 4.94. The van der Waals surface area contributed by atoms with E-state index in [9.17, 15) is 0 Å². The minimum absolute atomic E-state index is 0.536. The fraction of sp³-hybridized carbons (Fsp3) is 1.00. The maximum atomic E-state index is 5.74. The van der Waals surface area contributed by atoms with Crippen molar-refractivity contribution in [2.24, 2.45) is 5.92 Å². The highest BCUT2D eigenvalue weighted by Gasteiger charge is 2.29. The van der Waals surface area contributed by atoms with E-state index >= 15 is 0 Å². The molecule has 4 atom stereocenters. The van der Waals surface area contributed by atoms with Crippen molar-refractivity contribution in [3.8, 4) is 0 Å². The summed E-state index contributed by atoms with van der Waals surface area (Å²) in [5.41, 5.74) is 0. The van der Waals surface area contributed by atoms with Crippen LogP contribution in [0, 0.1) is 5.92 Å². The summed E-state index contributed by atoms with van der Waals surface area (Å²) in [6.45, 7) is 7.11. The van der Waals surface area contributed by atoms with Gasteiger partial charge < -0.3 is 15.0 Å². The van der Waals surface area contributed by atoms with E-state index in [0.717, 1.165) is 24.6 Å². The lowest BCUT2D eigenvalue weighted by Gasteiger charge is -2.21. The van der Waals surface area contributed by atoms with E-state index in [1.54, 1.807) is 0 Å². The number of likely N-dealkylation sites (tertiary alicyclic amines) is 1. The van der Waals surface area contributed by atoms with Gasteiger partial charge in [-0.05, 0) is 57.9 Å². The fourth-order valence-electron chi connectivity index (χ4n) is 3.96. The number of nitrogens with one attached hydrogen (secondary N) is 1. The fourth-order valence-corrected chi connectivity index (χ4v) is 3.96. The quantitative estimate of drug-likeness (QED) is 0.828. The molecular formula is C15H28N2O. The minimum atomic E-state index is 0.536. The summed E-state index contributed by atoms with van der Waals surface area (Å²) in [4.78, 5) is 2.64. The van der Waals surface area contributed by atoms with Crippen LogP contribution < -0.4 is 5.32 Å². The summed E-state index contributed by atoms with van der Waals surface area (Å²) in [5.74, 6) is 0.925. The molecule has 3 nitrogen and oxygen atoms in total. The summed E-state index contributed by atoms with van der Waals surface area (Å²) in [5, 5.41) is 3.73. The van der Waals surface area contributed by atoms with E-state index in [4.69, 9.17) is 4.74 Å². The molecule has 0 aromatic heterocycles. The van der Waals surface area contributed by atoms with E-state index in [2.05, 4.69) is 17.1 Å². The van der Waals surface area contributed by atoms with Gasteiger partial charge in [-0.2, -0.15) is 0 Å². The molecule has 0 aromatic carbocycles. The van der Waals surface area contributed by atoms with Crippen molar-refractivity contribution in [2.45, 2.75) is 63.6 Å². The van der Waals surface area contributed by atoms with Crippen molar-refractivity contribution in [3.63, 3.8) is 0 Å². The predicted molar refractivity (Wildman–Crippen MR) is 73.8 cm³/mol. The van der Waals surface area contributed by atoms with Gasteiger partial charge in [0.05, 0.1) is 6.10 Å². The van der Waals surface area contributed by atoms with E-state index in [1.165, 1.54) is 58.2 Å². The Morgan fingerprint density at radius 3 is 2.89 bits per heavy atom. The van der Waals surface area contributed by atoms with Crippen LogP contribution in [0.25, 0.3) is 0 Å². The Balaban J connectivity index is 1.38. The first-order valence-corrected chi connectivity index (χ1v) is 7.89. The zero-order valence-electron chi connectivity index (χ0n) is 11.7. The molecule has 3 fully saturated rings. The number of rotatable bonds is 4. The summed E-state index contributed by atoms with van der Waals surface area (Å²) in [6.07, 6.45) is 8.65. The standard InChI is InChI=1S/C15H28N2O/c1-12-4-5-14(16-12)9-13-6-7-17(10-13)11-15-3-2-8-18-15/h12-16H,2-11H2,1H3. The smallest absolute Gasteiger partial charge is 0.0702 e. The molecule has 0 saturated carbocycles. The highest BCUT2D eigenvalue weighted by Crippen LogP contribution is 2.26. The Labute approximate surface area is 111 Å². The van der Waals surface area contributed by atoms with Crippen molar-refractivity contribution in [1.29, 1.82) is 0 Å². The third kappa shape index (κ3) is 3.25. The first-order chi connectivity index (χ1) is 8.79. The summed E-state index contributed by atoms with van der Waals surface area (Å²) >= 11 is 0. The van der Waals surface area contributed by atoms with Gasteiger partial charge in [-0.1, -0.05) is 0 Å². The van der Waals surface area contributed by atoms with Crippen LogP contribution in [0.4, 0.5) is 0 Å². The molecule has 1 N–H and O–H groups in total. The van der Waals surface area contributed by atoms with Gasteiger partial charge in [0.1, 0.15) is 0 Å². The largest absolute Gasteiger partial charge is 0.377 e. The zero-order chi connectivity index (χ0) is 12.4. The Morgan fingerprint density at radius 2 is 2.17 bits per heavy atom. The molecule has 3 heteroatoms. The Bertz CT molecular complexity index is 265. The average Bonchev–Trinajstić information content (AvgIpc) is 3.04. The highest BCUT2D eigenvalue weighted by atomic mass is 16.5. The molecule has 104 valence electrons. The van der Waals surface area contributed by atoms with Gasteiger partial charge in [0.25, 0.3) is 0 Å². The molecule has 0 amide bonds. The first-order valence-electron chi connectivity index (χ1n) is 7.89. The van der Waals surface area contributed by atoms with Crippen LogP contribution >= 0.6 is 0 Å². The van der Waals surface area contributed by atoms with Gasteiger partial charge in [-0.15, -0.1) is 0 Å². The van der Waals surface area contributed by atoms with Gasteiger partial charge in [0.2, 0.25) is 0 Å². The summed E-state index contributed by atoms with van der Waals surface area (Å²) in [7, 11) is 0. The van der Waals surface area contributed by atoms with Crippen molar-refractivity contribution < 1.29 is 4.74 Å². The molecule has 18 heavy (non-hydrogen) atoms. The van der Waals surface area contributed by atoms with Crippen LogP contribution in [0.2, 0.25) is 0 Å². The number of hydrogen-bond acceptors (Lipinski definition) is 3. The van der Waals surface area contributed by atoms with Crippen LogP contribution in [-0.2, 0) is 4.74 Å². The molecule has 0 aliphatic carbocycles. The Morgan fingerprint density at radius 1 is 1.22 bits per heavy atom. The molecular weight excluding hydrogens is 224 g/mol. The molecule has 3 aliphatic heterocycles. The number of nitrogens with zero attached hydrogens (tertiary/aromatic N) is 1. The van der Waals surface area contributed by atoms with Crippen molar-refractivity contribution in [3.05, 3.63) is 0 Å². The Kier molecular flexibility index (Phi) is 4.22. The lowest BCUT2D eigenvalue weighted by molar-refractivity contribution is 0.0794. The highest BCUT2D eigenvalue weighted by molar-refractivity contribution is 4.86. The normalized spacial score (nSPS) is 41.8.